The molecule has 0 aromatic heterocycles. The molecule has 1 aromatic rings. The van der Waals surface area contributed by atoms with Gasteiger partial charge in [-0.15, -0.1) is 0 Å². The van der Waals surface area contributed by atoms with Crippen molar-refractivity contribution in [1.82, 2.24) is 10.2 Å². The Morgan fingerprint density at radius 1 is 1.35 bits per heavy atom. The summed E-state index contributed by atoms with van der Waals surface area (Å²) in [7, 11) is 0. The van der Waals surface area contributed by atoms with Crippen LogP contribution in [0.5, 0.6) is 0 Å². The number of hydrogen-bond acceptors (Lipinski definition) is 2. The molecule has 1 heterocycles. The molecule has 3 heteroatoms. The molecule has 0 saturated carbocycles. The van der Waals surface area contributed by atoms with Crippen LogP contribution in [-0.4, -0.2) is 30.6 Å². The van der Waals surface area contributed by atoms with Crippen LogP contribution < -0.4 is 5.32 Å². The van der Waals surface area contributed by atoms with Crippen molar-refractivity contribution in [2.45, 2.75) is 51.1 Å². The Morgan fingerprint density at radius 3 is 3.00 bits per heavy atom. The summed E-state index contributed by atoms with van der Waals surface area (Å²) in [6.07, 6.45) is 6.43. The van der Waals surface area contributed by atoms with Gasteiger partial charge in [0.05, 0.1) is 0 Å². The summed E-state index contributed by atoms with van der Waals surface area (Å²) in [5.74, 6) is 0. The van der Waals surface area contributed by atoms with Crippen LogP contribution in [0.1, 0.15) is 49.8 Å². The monoisotopic (exact) mass is 336 g/mol. The number of fused-ring (bicyclic) bond motifs is 1. The summed E-state index contributed by atoms with van der Waals surface area (Å²) in [4.78, 5) is 2.78. The Labute approximate surface area is 131 Å². The first kappa shape index (κ1) is 14.6. The van der Waals surface area contributed by atoms with E-state index in [1.807, 2.05) is 0 Å². The molecule has 1 aliphatic carbocycles. The van der Waals surface area contributed by atoms with Crippen molar-refractivity contribution in [3.8, 4) is 0 Å². The first-order chi connectivity index (χ1) is 9.81. The molecule has 2 unspecified atom stereocenters. The van der Waals surface area contributed by atoms with Gasteiger partial charge in [-0.3, -0.25) is 4.90 Å². The van der Waals surface area contributed by atoms with Crippen molar-refractivity contribution in [2.24, 2.45) is 0 Å². The highest BCUT2D eigenvalue weighted by molar-refractivity contribution is 9.10. The zero-order chi connectivity index (χ0) is 13.9. The van der Waals surface area contributed by atoms with E-state index in [1.54, 1.807) is 11.1 Å². The zero-order valence-electron chi connectivity index (χ0n) is 12.4. The van der Waals surface area contributed by atoms with Gasteiger partial charge in [0.15, 0.2) is 0 Å². The van der Waals surface area contributed by atoms with Crippen LogP contribution in [0, 0.1) is 0 Å². The van der Waals surface area contributed by atoms with Gasteiger partial charge in [-0.25, -0.2) is 0 Å². The minimum Gasteiger partial charge on any atom is -0.315 e. The maximum absolute atomic E-state index is 3.73. The molecule has 1 saturated heterocycles. The Bertz CT molecular complexity index is 454. The summed E-state index contributed by atoms with van der Waals surface area (Å²) in [6.45, 7) is 5.89. The van der Waals surface area contributed by atoms with Gasteiger partial charge in [-0.05, 0) is 62.4 Å². The lowest BCUT2D eigenvalue weighted by molar-refractivity contribution is 0.111. The van der Waals surface area contributed by atoms with Gasteiger partial charge < -0.3 is 5.32 Å². The van der Waals surface area contributed by atoms with Crippen molar-refractivity contribution in [3.05, 3.63) is 33.8 Å². The van der Waals surface area contributed by atoms with Gasteiger partial charge in [0.25, 0.3) is 0 Å². The lowest BCUT2D eigenvalue weighted by Gasteiger charge is -2.39. The number of nitrogens with zero attached hydrogens (tertiary/aromatic N) is 1. The fourth-order valence-corrected chi connectivity index (χ4v) is 4.48. The van der Waals surface area contributed by atoms with Crippen LogP contribution in [0.2, 0.25) is 0 Å². The van der Waals surface area contributed by atoms with Crippen molar-refractivity contribution >= 4 is 15.9 Å². The molecule has 1 aromatic carbocycles. The van der Waals surface area contributed by atoms with Gasteiger partial charge in [0.1, 0.15) is 0 Å². The molecule has 20 heavy (non-hydrogen) atoms. The molecule has 2 atom stereocenters. The number of piperidine rings is 1. The number of nitrogens with one attached hydrogen (secondary N) is 1. The lowest BCUT2D eigenvalue weighted by Crippen LogP contribution is -2.47. The Balaban J connectivity index is 1.84. The van der Waals surface area contributed by atoms with E-state index in [4.69, 9.17) is 0 Å². The molecule has 1 fully saturated rings. The van der Waals surface area contributed by atoms with E-state index < -0.39 is 0 Å². The molecule has 2 aliphatic rings. The standard InChI is InChI=1S/C17H25BrN2/c1-2-11-20(13-5-4-10-19-12-13)17-9-8-14-15(17)6-3-7-16(14)18/h3,6-7,13,17,19H,2,4-5,8-12H2,1H3. The fourth-order valence-electron chi connectivity index (χ4n) is 3.90. The van der Waals surface area contributed by atoms with Crippen molar-refractivity contribution < 1.29 is 0 Å². The van der Waals surface area contributed by atoms with E-state index in [0.717, 1.165) is 6.04 Å². The van der Waals surface area contributed by atoms with Crippen molar-refractivity contribution in [2.75, 3.05) is 19.6 Å². The first-order valence-corrected chi connectivity index (χ1v) is 8.84. The smallest absolute Gasteiger partial charge is 0.0357 e. The molecule has 0 amide bonds. The van der Waals surface area contributed by atoms with Gasteiger partial charge >= 0.3 is 0 Å². The van der Waals surface area contributed by atoms with Crippen LogP contribution in [0.25, 0.3) is 0 Å². The molecule has 3 rings (SSSR count). The highest BCUT2D eigenvalue weighted by atomic mass is 79.9. The van der Waals surface area contributed by atoms with E-state index in [-0.39, 0.29) is 0 Å². The summed E-state index contributed by atoms with van der Waals surface area (Å²) < 4.78 is 1.30. The zero-order valence-corrected chi connectivity index (χ0v) is 14.0. The van der Waals surface area contributed by atoms with E-state index in [2.05, 4.69) is 51.3 Å². The molecule has 2 nitrogen and oxygen atoms in total. The van der Waals surface area contributed by atoms with Gasteiger partial charge in [-0.2, -0.15) is 0 Å². The molecule has 110 valence electrons. The molecular formula is C17H25BrN2. The summed E-state index contributed by atoms with van der Waals surface area (Å²) in [5.41, 5.74) is 3.11. The molecular weight excluding hydrogens is 312 g/mol. The number of halogens is 1. The van der Waals surface area contributed by atoms with Crippen molar-refractivity contribution in [1.29, 1.82) is 0 Å². The van der Waals surface area contributed by atoms with Crippen LogP contribution in [-0.2, 0) is 6.42 Å². The SMILES string of the molecule is CCCN(C1CCCNC1)C1CCc2c(Br)cccc21. The summed E-state index contributed by atoms with van der Waals surface area (Å²) in [5, 5.41) is 3.58. The van der Waals surface area contributed by atoms with Crippen LogP contribution in [0.4, 0.5) is 0 Å². The largest absolute Gasteiger partial charge is 0.315 e. The minimum atomic E-state index is 0.632. The maximum atomic E-state index is 3.73. The second-order valence-corrected chi connectivity index (χ2v) is 6.95. The molecule has 0 bridgehead atoms. The third-order valence-corrected chi connectivity index (χ3v) is 5.55. The van der Waals surface area contributed by atoms with Gasteiger partial charge in [0, 0.05) is 23.1 Å². The summed E-state index contributed by atoms with van der Waals surface area (Å²) in [6, 6.07) is 8.08. The number of benzene rings is 1. The predicted molar refractivity (Wildman–Crippen MR) is 88.1 cm³/mol. The molecule has 1 N–H and O–H groups in total. The first-order valence-electron chi connectivity index (χ1n) is 8.05. The lowest BCUT2D eigenvalue weighted by atomic mass is 10.00. The van der Waals surface area contributed by atoms with Gasteiger partial charge in [-0.1, -0.05) is 35.0 Å². The van der Waals surface area contributed by atoms with Crippen LogP contribution >= 0.6 is 15.9 Å². The number of rotatable bonds is 4. The normalized spacial score (nSPS) is 25.9. The minimum absolute atomic E-state index is 0.632. The Kier molecular flexibility index (Phi) is 4.79. The fraction of sp³-hybridized carbons (Fsp3) is 0.647. The van der Waals surface area contributed by atoms with Crippen molar-refractivity contribution in [3.63, 3.8) is 0 Å². The quantitative estimate of drug-likeness (QED) is 0.896. The molecule has 0 spiro atoms. The van der Waals surface area contributed by atoms with Crippen LogP contribution in [0.3, 0.4) is 0 Å². The second kappa shape index (κ2) is 6.59. The third kappa shape index (κ3) is 2.81. The van der Waals surface area contributed by atoms with E-state index in [9.17, 15) is 0 Å². The van der Waals surface area contributed by atoms with E-state index in [0.29, 0.717) is 6.04 Å². The average Bonchev–Trinajstić information content (AvgIpc) is 2.91. The average molecular weight is 337 g/mol. The number of hydrogen-bond donors (Lipinski definition) is 1. The third-order valence-electron chi connectivity index (χ3n) is 4.80. The highest BCUT2D eigenvalue weighted by Gasteiger charge is 2.33. The second-order valence-electron chi connectivity index (χ2n) is 6.10. The maximum Gasteiger partial charge on any atom is 0.0357 e. The highest BCUT2D eigenvalue weighted by Crippen LogP contribution is 2.40. The summed E-state index contributed by atoms with van der Waals surface area (Å²) >= 11 is 3.73. The Hall–Kier alpha value is -0.380. The van der Waals surface area contributed by atoms with E-state index in [1.165, 1.54) is 56.2 Å². The Morgan fingerprint density at radius 2 is 2.25 bits per heavy atom. The van der Waals surface area contributed by atoms with E-state index >= 15 is 0 Å². The van der Waals surface area contributed by atoms with Gasteiger partial charge in [0.2, 0.25) is 0 Å². The molecule has 1 aliphatic heterocycles. The predicted octanol–water partition coefficient (Wildman–Crippen LogP) is 3.90. The van der Waals surface area contributed by atoms with Crippen LogP contribution in [0.15, 0.2) is 22.7 Å². The molecule has 0 radical (unpaired) electrons. The topological polar surface area (TPSA) is 15.3 Å².